The van der Waals surface area contributed by atoms with Gasteiger partial charge in [0.1, 0.15) is 6.67 Å². The minimum atomic E-state index is -0.345. The van der Waals surface area contributed by atoms with Gasteiger partial charge in [-0.1, -0.05) is 0 Å². The number of rotatable bonds is 2. The summed E-state index contributed by atoms with van der Waals surface area (Å²) in [6, 6.07) is 0. The summed E-state index contributed by atoms with van der Waals surface area (Å²) >= 11 is 0. The van der Waals surface area contributed by atoms with E-state index in [0.717, 1.165) is 11.3 Å². The highest BCUT2D eigenvalue weighted by molar-refractivity contribution is 5.12. The smallest absolute Gasteiger partial charge is 0.109 e. The first kappa shape index (κ1) is 7.25. The first-order chi connectivity index (χ1) is 4.75. The number of hydrogen-bond donors (Lipinski definition) is 0. The lowest BCUT2D eigenvalue weighted by atomic mass is 10.3. The van der Waals surface area contributed by atoms with Crippen molar-refractivity contribution in [2.75, 3.05) is 6.67 Å². The van der Waals surface area contributed by atoms with E-state index in [9.17, 15) is 4.39 Å². The number of aromatic nitrogens is 2. The normalized spacial score (nSPS) is 10.3. The zero-order valence-electron chi connectivity index (χ0n) is 6.26. The molecule has 0 aromatic carbocycles. The molecule has 10 heavy (non-hydrogen) atoms. The van der Waals surface area contributed by atoms with Gasteiger partial charge < -0.3 is 0 Å². The van der Waals surface area contributed by atoms with E-state index in [1.165, 1.54) is 0 Å². The van der Waals surface area contributed by atoms with E-state index in [-0.39, 0.29) is 6.67 Å². The molecule has 0 fully saturated rings. The number of halogens is 1. The Morgan fingerprint density at radius 2 is 2.30 bits per heavy atom. The molecule has 0 bridgehead atoms. The first-order valence-corrected chi connectivity index (χ1v) is 3.30. The van der Waals surface area contributed by atoms with Gasteiger partial charge in [0.2, 0.25) is 0 Å². The topological polar surface area (TPSA) is 17.8 Å². The summed E-state index contributed by atoms with van der Waals surface area (Å²) < 4.78 is 13.5. The molecule has 1 aromatic heterocycles. The third-order valence-corrected chi connectivity index (χ3v) is 1.64. The van der Waals surface area contributed by atoms with Crippen molar-refractivity contribution in [2.45, 2.75) is 20.4 Å². The molecule has 0 radical (unpaired) electrons. The van der Waals surface area contributed by atoms with Crippen LogP contribution < -0.4 is 0 Å². The van der Waals surface area contributed by atoms with Crippen LogP contribution in [0.15, 0.2) is 6.20 Å². The number of alkyl halides is 1. The van der Waals surface area contributed by atoms with Gasteiger partial charge in [-0.25, -0.2) is 4.39 Å². The van der Waals surface area contributed by atoms with Gasteiger partial charge in [0.15, 0.2) is 0 Å². The van der Waals surface area contributed by atoms with E-state index in [2.05, 4.69) is 5.10 Å². The van der Waals surface area contributed by atoms with Crippen LogP contribution in [0.3, 0.4) is 0 Å². The fourth-order valence-corrected chi connectivity index (χ4v) is 0.845. The molecule has 1 heterocycles. The third-order valence-electron chi connectivity index (χ3n) is 1.64. The second-order valence-electron chi connectivity index (χ2n) is 2.33. The molecule has 0 unspecified atom stereocenters. The van der Waals surface area contributed by atoms with Gasteiger partial charge in [0.05, 0.1) is 12.7 Å². The average molecular weight is 142 g/mol. The van der Waals surface area contributed by atoms with E-state index in [0.29, 0.717) is 6.54 Å². The maximum atomic E-state index is 11.8. The van der Waals surface area contributed by atoms with Gasteiger partial charge >= 0.3 is 0 Å². The fraction of sp³-hybridized carbons (Fsp3) is 0.571. The maximum Gasteiger partial charge on any atom is 0.109 e. The Hall–Kier alpha value is -0.860. The molecule has 0 aliphatic heterocycles. The Morgan fingerprint density at radius 1 is 1.60 bits per heavy atom. The van der Waals surface area contributed by atoms with Crippen molar-refractivity contribution in [3.05, 3.63) is 17.5 Å². The van der Waals surface area contributed by atoms with Crippen molar-refractivity contribution < 1.29 is 4.39 Å². The molecule has 1 rings (SSSR count). The van der Waals surface area contributed by atoms with Crippen LogP contribution in [-0.2, 0) is 6.54 Å². The van der Waals surface area contributed by atoms with Crippen LogP contribution in [0.25, 0.3) is 0 Å². The highest BCUT2D eigenvalue weighted by atomic mass is 19.1. The lowest BCUT2D eigenvalue weighted by molar-refractivity contribution is 0.423. The van der Waals surface area contributed by atoms with Crippen molar-refractivity contribution >= 4 is 0 Å². The first-order valence-electron chi connectivity index (χ1n) is 3.30. The van der Waals surface area contributed by atoms with Gasteiger partial charge in [0.25, 0.3) is 0 Å². The second-order valence-corrected chi connectivity index (χ2v) is 2.33. The number of aryl methyl sites for hydroxylation is 2. The lowest BCUT2D eigenvalue weighted by Gasteiger charge is -1.98. The Bertz CT molecular complexity index is 217. The van der Waals surface area contributed by atoms with Crippen LogP contribution in [-0.4, -0.2) is 16.5 Å². The van der Waals surface area contributed by atoms with Gasteiger partial charge in [-0.05, 0) is 19.4 Å². The van der Waals surface area contributed by atoms with E-state index in [1.54, 1.807) is 10.9 Å². The monoisotopic (exact) mass is 142 g/mol. The SMILES string of the molecule is Cc1cnn(CCF)c1C. The summed E-state index contributed by atoms with van der Waals surface area (Å²) in [7, 11) is 0. The summed E-state index contributed by atoms with van der Waals surface area (Å²) in [6.07, 6.45) is 1.75. The lowest BCUT2D eigenvalue weighted by Crippen LogP contribution is -2.03. The summed E-state index contributed by atoms with van der Waals surface area (Å²) in [5, 5.41) is 3.98. The molecule has 0 spiro atoms. The zero-order valence-corrected chi connectivity index (χ0v) is 6.26. The van der Waals surface area contributed by atoms with Crippen molar-refractivity contribution in [2.24, 2.45) is 0 Å². The quantitative estimate of drug-likeness (QED) is 0.611. The van der Waals surface area contributed by atoms with Gasteiger partial charge in [-0.2, -0.15) is 5.10 Å². The molecule has 0 aliphatic carbocycles. The van der Waals surface area contributed by atoms with Crippen LogP contribution in [0, 0.1) is 13.8 Å². The largest absolute Gasteiger partial charge is 0.267 e. The Morgan fingerprint density at radius 3 is 2.70 bits per heavy atom. The molecule has 0 aliphatic rings. The van der Waals surface area contributed by atoms with Gasteiger partial charge in [0, 0.05) is 5.69 Å². The van der Waals surface area contributed by atoms with Crippen LogP contribution in [0.4, 0.5) is 4.39 Å². The highest BCUT2D eigenvalue weighted by Crippen LogP contribution is 2.03. The van der Waals surface area contributed by atoms with Crippen molar-refractivity contribution in [3.8, 4) is 0 Å². The summed E-state index contributed by atoms with van der Waals surface area (Å²) in [6.45, 7) is 3.94. The second kappa shape index (κ2) is 2.82. The summed E-state index contributed by atoms with van der Waals surface area (Å²) in [5.74, 6) is 0. The van der Waals surface area contributed by atoms with Crippen molar-refractivity contribution in [1.29, 1.82) is 0 Å². The van der Waals surface area contributed by atoms with E-state index < -0.39 is 0 Å². The highest BCUT2D eigenvalue weighted by Gasteiger charge is 1.99. The van der Waals surface area contributed by atoms with Crippen LogP contribution in [0.2, 0.25) is 0 Å². The minimum Gasteiger partial charge on any atom is -0.267 e. The molecule has 0 saturated heterocycles. The number of hydrogen-bond acceptors (Lipinski definition) is 1. The molecule has 2 nitrogen and oxygen atoms in total. The molecular weight excluding hydrogens is 131 g/mol. The maximum absolute atomic E-state index is 11.8. The Kier molecular flexibility index (Phi) is 2.04. The standard InChI is InChI=1S/C7H11FN2/c1-6-5-9-10(4-3-8)7(6)2/h5H,3-4H2,1-2H3. The Balaban J connectivity index is 2.83. The Labute approximate surface area is 59.7 Å². The van der Waals surface area contributed by atoms with Crippen molar-refractivity contribution in [1.82, 2.24) is 9.78 Å². The van der Waals surface area contributed by atoms with E-state index in [1.807, 2.05) is 13.8 Å². The zero-order chi connectivity index (χ0) is 7.56. The van der Waals surface area contributed by atoms with Gasteiger partial charge in [-0.3, -0.25) is 4.68 Å². The molecule has 0 saturated carbocycles. The molecular formula is C7H11FN2. The van der Waals surface area contributed by atoms with Crippen LogP contribution in [0.5, 0.6) is 0 Å². The van der Waals surface area contributed by atoms with Crippen LogP contribution >= 0.6 is 0 Å². The minimum absolute atomic E-state index is 0.345. The summed E-state index contributed by atoms with van der Waals surface area (Å²) in [5.41, 5.74) is 2.17. The number of nitrogens with zero attached hydrogens (tertiary/aromatic N) is 2. The summed E-state index contributed by atoms with van der Waals surface area (Å²) in [4.78, 5) is 0. The molecule has 0 N–H and O–H groups in total. The third kappa shape index (κ3) is 1.17. The van der Waals surface area contributed by atoms with Crippen molar-refractivity contribution in [3.63, 3.8) is 0 Å². The molecule has 0 amide bonds. The average Bonchev–Trinajstić information content (AvgIpc) is 2.20. The predicted octanol–water partition coefficient (Wildman–Crippen LogP) is 1.47. The van der Waals surface area contributed by atoms with Crippen LogP contribution in [0.1, 0.15) is 11.3 Å². The molecule has 56 valence electrons. The molecule has 0 atom stereocenters. The fourth-order valence-electron chi connectivity index (χ4n) is 0.845. The predicted molar refractivity (Wildman–Crippen MR) is 37.7 cm³/mol. The van der Waals surface area contributed by atoms with Gasteiger partial charge in [-0.15, -0.1) is 0 Å². The van der Waals surface area contributed by atoms with E-state index >= 15 is 0 Å². The molecule has 3 heteroatoms. The van der Waals surface area contributed by atoms with E-state index in [4.69, 9.17) is 0 Å². The molecule has 1 aromatic rings.